The number of carbonyl (C=O) groups excluding carboxylic acids is 1. The summed E-state index contributed by atoms with van der Waals surface area (Å²) in [5.74, 6) is 0.720. The standard InChI is InChI=1S/C16H16BrNO2/c1-11-3-8-15(17)14(9-11)16(19)18-10-12-4-6-13(20-2)7-5-12/h3-9H,10H2,1-2H3,(H,18,19). The summed E-state index contributed by atoms with van der Waals surface area (Å²) in [6.07, 6.45) is 0. The van der Waals surface area contributed by atoms with Crippen molar-refractivity contribution in [3.8, 4) is 5.75 Å². The number of ether oxygens (including phenoxy) is 1. The Balaban J connectivity index is 2.02. The number of rotatable bonds is 4. The number of nitrogens with one attached hydrogen (secondary N) is 1. The normalized spacial score (nSPS) is 10.2. The highest BCUT2D eigenvalue weighted by atomic mass is 79.9. The molecule has 0 aliphatic rings. The van der Waals surface area contributed by atoms with Crippen LogP contribution in [0, 0.1) is 6.92 Å². The first kappa shape index (κ1) is 14.6. The van der Waals surface area contributed by atoms with Crippen LogP contribution in [0.5, 0.6) is 5.75 Å². The van der Waals surface area contributed by atoms with Crippen molar-refractivity contribution in [3.05, 3.63) is 63.6 Å². The van der Waals surface area contributed by atoms with E-state index >= 15 is 0 Å². The van der Waals surface area contributed by atoms with Crippen molar-refractivity contribution in [1.82, 2.24) is 5.32 Å². The molecule has 104 valence electrons. The number of amides is 1. The lowest BCUT2D eigenvalue weighted by molar-refractivity contribution is 0.0950. The maximum atomic E-state index is 12.1. The first-order valence-electron chi connectivity index (χ1n) is 6.27. The van der Waals surface area contributed by atoms with Gasteiger partial charge in [-0.15, -0.1) is 0 Å². The molecule has 0 saturated heterocycles. The monoisotopic (exact) mass is 333 g/mol. The van der Waals surface area contributed by atoms with Crippen LogP contribution in [0.15, 0.2) is 46.9 Å². The van der Waals surface area contributed by atoms with Crippen molar-refractivity contribution in [2.24, 2.45) is 0 Å². The van der Waals surface area contributed by atoms with Gasteiger partial charge in [0.25, 0.3) is 5.91 Å². The Labute approximate surface area is 127 Å². The van der Waals surface area contributed by atoms with Crippen LogP contribution in [0.25, 0.3) is 0 Å². The molecule has 0 heterocycles. The van der Waals surface area contributed by atoms with Crippen molar-refractivity contribution in [2.45, 2.75) is 13.5 Å². The fourth-order valence-electron chi connectivity index (χ4n) is 1.83. The molecular formula is C16H16BrNO2. The summed E-state index contributed by atoms with van der Waals surface area (Å²) in [7, 11) is 1.63. The van der Waals surface area contributed by atoms with Crippen LogP contribution in [0.2, 0.25) is 0 Å². The minimum absolute atomic E-state index is 0.0867. The highest BCUT2D eigenvalue weighted by molar-refractivity contribution is 9.10. The Morgan fingerprint density at radius 3 is 2.55 bits per heavy atom. The lowest BCUT2D eigenvalue weighted by Crippen LogP contribution is -2.23. The number of halogens is 1. The van der Waals surface area contributed by atoms with Crippen molar-refractivity contribution < 1.29 is 9.53 Å². The molecule has 0 spiro atoms. The van der Waals surface area contributed by atoms with Gasteiger partial charge in [0.05, 0.1) is 12.7 Å². The third-order valence-electron chi connectivity index (χ3n) is 2.98. The van der Waals surface area contributed by atoms with Crippen LogP contribution in [0.1, 0.15) is 21.5 Å². The van der Waals surface area contributed by atoms with Gasteiger partial charge in [0.2, 0.25) is 0 Å². The lowest BCUT2D eigenvalue weighted by Gasteiger charge is -2.08. The van der Waals surface area contributed by atoms with E-state index in [0.717, 1.165) is 21.3 Å². The summed E-state index contributed by atoms with van der Waals surface area (Å²) in [6.45, 7) is 2.45. The molecule has 0 saturated carbocycles. The summed E-state index contributed by atoms with van der Waals surface area (Å²) in [6, 6.07) is 13.3. The molecule has 1 N–H and O–H groups in total. The van der Waals surface area contributed by atoms with Crippen LogP contribution in [-0.2, 0) is 6.54 Å². The molecule has 0 radical (unpaired) electrons. The van der Waals surface area contributed by atoms with Gasteiger partial charge in [-0.3, -0.25) is 4.79 Å². The van der Waals surface area contributed by atoms with Gasteiger partial charge in [0.15, 0.2) is 0 Å². The van der Waals surface area contributed by atoms with Gasteiger partial charge >= 0.3 is 0 Å². The van der Waals surface area contributed by atoms with E-state index in [1.54, 1.807) is 7.11 Å². The largest absolute Gasteiger partial charge is 0.497 e. The topological polar surface area (TPSA) is 38.3 Å². The number of hydrogen-bond acceptors (Lipinski definition) is 2. The number of methoxy groups -OCH3 is 1. The first-order chi connectivity index (χ1) is 9.60. The van der Waals surface area contributed by atoms with Crippen molar-refractivity contribution in [1.29, 1.82) is 0 Å². The fourth-order valence-corrected chi connectivity index (χ4v) is 2.26. The van der Waals surface area contributed by atoms with Gasteiger partial charge in [-0.05, 0) is 52.7 Å². The second-order valence-corrected chi connectivity index (χ2v) is 5.37. The molecule has 20 heavy (non-hydrogen) atoms. The van der Waals surface area contributed by atoms with Gasteiger partial charge < -0.3 is 10.1 Å². The average molecular weight is 334 g/mol. The van der Waals surface area contributed by atoms with E-state index in [2.05, 4.69) is 21.2 Å². The van der Waals surface area contributed by atoms with Crippen molar-refractivity contribution in [3.63, 3.8) is 0 Å². The second-order valence-electron chi connectivity index (χ2n) is 4.51. The van der Waals surface area contributed by atoms with Crippen LogP contribution in [-0.4, -0.2) is 13.0 Å². The quantitative estimate of drug-likeness (QED) is 0.926. The zero-order valence-corrected chi connectivity index (χ0v) is 13.0. The summed E-state index contributed by atoms with van der Waals surface area (Å²) in [5, 5.41) is 2.91. The Morgan fingerprint density at radius 1 is 1.20 bits per heavy atom. The van der Waals surface area contributed by atoms with Crippen LogP contribution in [0.3, 0.4) is 0 Å². The molecule has 2 aromatic carbocycles. The fraction of sp³-hybridized carbons (Fsp3) is 0.188. The van der Waals surface area contributed by atoms with E-state index < -0.39 is 0 Å². The zero-order chi connectivity index (χ0) is 14.5. The summed E-state index contributed by atoms with van der Waals surface area (Å²) in [5.41, 5.74) is 2.74. The molecule has 4 heteroatoms. The molecule has 0 bridgehead atoms. The minimum atomic E-state index is -0.0867. The Morgan fingerprint density at radius 2 is 1.90 bits per heavy atom. The molecule has 2 aromatic rings. The highest BCUT2D eigenvalue weighted by Gasteiger charge is 2.09. The number of benzene rings is 2. The Kier molecular flexibility index (Phi) is 4.79. The van der Waals surface area contributed by atoms with E-state index in [9.17, 15) is 4.79 Å². The van der Waals surface area contributed by atoms with E-state index in [1.165, 1.54) is 0 Å². The molecule has 0 aliphatic heterocycles. The SMILES string of the molecule is COc1ccc(CNC(=O)c2cc(C)ccc2Br)cc1. The minimum Gasteiger partial charge on any atom is -0.497 e. The van der Waals surface area contributed by atoms with Gasteiger partial charge in [-0.1, -0.05) is 23.8 Å². The van der Waals surface area contributed by atoms with Gasteiger partial charge in [-0.25, -0.2) is 0 Å². The third kappa shape index (κ3) is 3.61. The van der Waals surface area contributed by atoms with Gasteiger partial charge in [0, 0.05) is 11.0 Å². The maximum absolute atomic E-state index is 12.1. The number of aryl methyl sites for hydroxylation is 1. The first-order valence-corrected chi connectivity index (χ1v) is 7.06. The van der Waals surface area contributed by atoms with Crippen molar-refractivity contribution in [2.75, 3.05) is 7.11 Å². The maximum Gasteiger partial charge on any atom is 0.252 e. The second kappa shape index (κ2) is 6.57. The molecule has 2 rings (SSSR count). The zero-order valence-electron chi connectivity index (χ0n) is 11.4. The summed E-state index contributed by atoms with van der Waals surface area (Å²) in [4.78, 5) is 12.1. The number of hydrogen-bond donors (Lipinski definition) is 1. The molecule has 3 nitrogen and oxygen atoms in total. The lowest BCUT2D eigenvalue weighted by atomic mass is 10.1. The third-order valence-corrected chi connectivity index (χ3v) is 3.67. The van der Waals surface area contributed by atoms with E-state index in [1.807, 2.05) is 49.4 Å². The van der Waals surface area contributed by atoms with Crippen LogP contribution < -0.4 is 10.1 Å². The smallest absolute Gasteiger partial charge is 0.252 e. The van der Waals surface area contributed by atoms with Crippen LogP contribution in [0.4, 0.5) is 0 Å². The molecular weight excluding hydrogens is 318 g/mol. The van der Waals surface area contributed by atoms with E-state index in [4.69, 9.17) is 4.74 Å². The molecule has 0 fully saturated rings. The number of carbonyl (C=O) groups is 1. The molecule has 0 aromatic heterocycles. The Hall–Kier alpha value is -1.81. The van der Waals surface area contributed by atoms with Crippen LogP contribution >= 0.6 is 15.9 Å². The van der Waals surface area contributed by atoms with E-state index in [0.29, 0.717) is 12.1 Å². The average Bonchev–Trinajstić information content (AvgIpc) is 2.47. The molecule has 0 aliphatic carbocycles. The molecule has 0 atom stereocenters. The summed E-state index contributed by atoms with van der Waals surface area (Å²) < 4.78 is 5.90. The molecule has 1 amide bonds. The van der Waals surface area contributed by atoms with Gasteiger partial charge in [0.1, 0.15) is 5.75 Å². The molecule has 0 unspecified atom stereocenters. The predicted octanol–water partition coefficient (Wildman–Crippen LogP) is 3.70. The highest BCUT2D eigenvalue weighted by Crippen LogP contribution is 2.18. The van der Waals surface area contributed by atoms with Crippen molar-refractivity contribution >= 4 is 21.8 Å². The van der Waals surface area contributed by atoms with E-state index in [-0.39, 0.29) is 5.91 Å². The van der Waals surface area contributed by atoms with Gasteiger partial charge in [-0.2, -0.15) is 0 Å². The summed E-state index contributed by atoms with van der Waals surface area (Å²) >= 11 is 3.40. The predicted molar refractivity (Wildman–Crippen MR) is 83.0 cm³/mol. The Bertz CT molecular complexity index is 608.